The lowest BCUT2D eigenvalue weighted by Gasteiger charge is -2.26. The van der Waals surface area contributed by atoms with Gasteiger partial charge in [0.25, 0.3) is 0 Å². The molecule has 0 radical (unpaired) electrons. The summed E-state index contributed by atoms with van der Waals surface area (Å²) in [6.07, 6.45) is 0. The van der Waals surface area contributed by atoms with E-state index < -0.39 is 0 Å². The molecule has 11 rings (SSSR count). The average molecular weight is 765 g/mol. The smallest absolute Gasteiger partial charge is 0.0541 e. The number of para-hydroxylation sites is 3. The molecule has 0 unspecified atom stereocenters. The third-order valence-corrected chi connectivity index (χ3v) is 11.8. The summed E-state index contributed by atoms with van der Waals surface area (Å²) in [5, 5.41) is 5.06. The molecule has 282 valence electrons. The third-order valence-electron chi connectivity index (χ3n) is 11.8. The minimum atomic E-state index is 1.10. The van der Waals surface area contributed by atoms with E-state index in [1.807, 2.05) is 0 Å². The first kappa shape index (κ1) is 35.2. The lowest BCUT2D eigenvalue weighted by atomic mass is 9.91. The maximum atomic E-state index is 2.37. The van der Waals surface area contributed by atoms with Crippen molar-refractivity contribution in [1.82, 2.24) is 4.57 Å². The molecular formula is C58H40N2. The van der Waals surface area contributed by atoms with Gasteiger partial charge in [-0.15, -0.1) is 0 Å². The Hall–Kier alpha value is -7.94. The molecule has 11 aromatic rings. The van der Waals surface area contributed by atoms with E-state index in [-0.39, 0.29) is 0 Å². The van der Waals surface area contributed by atoms with Crippen LogP contribution in [-0.4, -0.2) is 4.57 Å². The predicted molar refractivity (Wildman–Crippen MR) is 255 cm³/mol. The van der Waals surface area contributed by atoms with Crippen molar-refractivity contribution in [1.29, 1.82) is 0 Å². The van der Waals surface area contributed by atoms with E-state index in [4.69, 9.17) is 0 Å². The zero-order valence-electron chi connectivity index (χ0n) is 33.0. The fourth-order valence-electron chi connectivity index (χ4n) is 8.94. The van der Waals surface area contributed by atoms with Crippen molar-refractivity contribution in [3.8, 4) is 50.2 Å². The first-order valence-electron chi connectivity index (χ1n) is 20.6. The molecule has 0 saturated carbocycles. The van der Waals surface area contributed by atoms with E-state index in [1.165, 1.54) is 77.1 Å². The Kier molecular flexibility index (Phi) is 8.87. The zero-order chi connectivity index (χ0) is 39.8. The minimum Gasteiger partial charge on any atom is -0.311 e. The second-order valence-corrected chi connectivity index (χ2v) is 15.3. The van der Waals surface area contributed by atoms with Gasteiger partial charge in [0.05, 0.1) is 11.0 Å². The lowest BCUT2D eigenvalue weighted by Crippen LogP contribution is -2.09. The Morgan fingerprint density at radius 3 is 1.27 bits per heavy atom. The second-order valence-electron chi connectivity index (χ2n) is 15.3. The molecule has 0 spiro atoms. The van der Waals surface area contributed by atoms with Crippen molar-refractivity contribution in [2.24, 2.45) is 0 Å². The largest absolute Gasteiger partial charge is 0.311 e. The number of anilines is 3. The summed E-state index contributed by atoms with van der Waals surface area (Å²) in [6, 6.07) is 87.7. The lowest BCUT2D eigenvalue weighted by molar-refractivity contribution is 1.18. The molecule has 1 aromatic heterocycles. The third kappa shape index (κ3) is 6.32. The van der Waals surface area contributed by atoms with Crippen molar-refractivity contribution in [2.45, 2.75) is 0 Å². The van der Waals surface area contributed by atoms with Crippen LogP contribution in [-0.2, 0) is 0 Å². The van der Waals surface area contributed by atoms with E-state index in [0.29, 0.717) is 0 Å². The SMILES string of the molecule is c1ccc(-c2cccc3cccc(-c4ccc(N(c5ccccc5)c5ccc(-c6cccc(-c7ccc(-n8c9ccccc9c9ccccc98)cc7)c6)cc5)cc4)c23)cc1. The highest BCUT2D eigenvalue weighted by molar-refractivity contribution is 6.09. The normalized spacial score (nSPS) is 11.3. The Morgan fingerprint density at radius 1 is 0.283 bits per heavy atom. The summed E-state index contributed by atoms with van der Waals surface area (Å²) in [5.41, 5.74) is 16.6. The van der Waals surface area contributed by atoms with Gasteiger partial charge in [0.15, 0.2) is 0 Å². The Morgan fingerprint density at radius 2 is 0.700 bits per heavy atom. The fourth-order valence-corrected chi connectivity index (χ4v) is 8.94. The van der Waals surface area contributed by atoms with Crippen LogP contribution >= 0.6 is 0 Å². The zero-order valence-corrected chi connectivity index (χ0v) is 33.0. The molecule has 0 N–H and O–H groups in total. The molecule has 0 saturated heterocycles. The van der Waals surface area contributed by atoms with Crippen LogP contribution in [0.25, 0.3) is 82.8 Å². The second kappa shape index (κ2) is 15.1. The van der Waals surface area contributed by atoms with E-state index in [1.54, 1.807) is 0 Å². The van der Waals surface area contributed by atoms with Crippen LogP contribution in [0.3, 0.4) is 0 Å². The van der Waals surface area contributed by atoms with Gasteiger partial charge in [-0.05, 0) is 122 Å². The highest BCUT2D eigenvalue weighted by atomic mass is 15.1. The van der Waals surface area contributed by atoms with E-state index in [9.17, 15) is 0 Å². The number of aromatic nitrogens is 1. The van der Waals surface area contributed by atoms with Crippen molar-refractivity contribution in [3.63, 3.8) is 0 Å². The topological polar surface area (TPSA) is 8.17 Å². The first-order chi connectivity index (χ1) is 29.8. The van der Waals surface area contributed by atoms with E-state index in [0.717, 1.165) is 22.7 Å². The number of fused-ring (bicyclic) bond motifs is 4. The van der Waals surface area contributed by atoms with Crippen LogP contribution in [0, 0.1) is 0 Å². The van der Waals surface area contributed by atoms with Crippen molar-refractivity contribution < 1.29 is 0 Å². The summed E-state index contributed by atoms with van der Waals surface area (Å²) in [6.45, 7) is 0. The quantitative estimate of drug-likeness (QED) is 0.150. The number of nitrogens with zero attached hydrogens (tertiary/aromatic N) is 2. The molecule has 1 heterocycles. The highest BCUT2D eigenvalue weighted by Crippen LogP contribution is 2.40. The van der Waals surface area contributed by atoms with Crippen molar-refractivity contribution in [2.75, 3.05) is 4.90 Å². The Bertz CT molecular complexity index is 3210. The molecule has 0 amide bonds. The Balaban J connectivity index is 0.897. The molecule has 0 atom stereocenters. The molecule has 0 aliphatic rings. The highest BCUT2D eigenvalue weighted by Gasteiger charge is 2.16. The van der Waals surface area contributed by atoms with Crippen LogP contribution in [0.5, 0.6) is 0 Å². The fraction of sp³-hybridized carbons (Fsp3) is 0. The van der Waals surface area contributed by atoms with Gasteiger partial charge in [-0.25, -0.2) is 0 Å². The molecule has 0 fully saturated rings. The van der Waals surface area contributed by atoms with Crippen molar-refractivity contribution in [3.05, 3.63) is 243 Å². The Labute approximate surface area is 350 Å². The number of hydrogen-bond acceptors (Lipinski definition) is 1. The summed E-state index contributed by atoms with van der Waals surface area (Å²) >= 11 is 0. The maximum absolute atomic E-state index is 2.37. The van der Waals surface area contributed by atoms with Crippen LogP contribution < -0.4 is 4.90 Å². The van der Waals surface area contributed by atoms with Crippen LogP contribution in [0.4, 0.5) is 17.1 Å². The van der Waals surface area contributed by atoms with Gasteiger partial charge in [0, 0.05) is 33.5 Å². The summed E-state index contributed by atoms with van der Waals surface area (Å²) in [7, 11) is 0. The summed E-state index contributed by atoms with van der Waals surface area (Å²) in [4.78, 5) is 2.33. The van der Waals surface area contributed by atoms with Crippen LogP contribution in [0.15, 0.2) is 243 Å². The molecule has 2 nitrogen and oxygen atoms in total. The molecule has 60 heavy (non-hydrogen) atoms. The van der Waals surface area contributed by atoms with Gasteiger partial charge < -0.3 is 9.47 Å². The van der Waals surface area contributed by atoms with Gasteiger partial charge in [0.1, 0.15) is 0 Å². The van der Waals surface area contributed by atoms with Crippen LogP contribution in [0.2, 0.25) is 0 Å². The van der Waals surface area contributed by atoms with Crippen molar-refractivity contribution >= 4 is 49.6 Å². The number of rotatable bonds is 8. The molecule has 10 aromatic carbocycles. The average Bonchev–Trinajstić information content (AvgIpc) is 3.67. The van der Waals surface area contributed by atoms with E-state index in [2.05, 4.69) is 252 Å². The van der Waals surface area contributed by atoms with Crippen LogP contribution in [0.1, 0.15) is 0 Å². The minimum absolute atomic E-state index is 1.10. The molecule has 0 bridgehead atoms. The number of benzene rings is 10. The van der Waals surface area contributed by atoms with Gasteiger partial charge in [0.2, 0.25) is 0 Å². The van der Waals surface area contributed by atoms with E-state index >= 15 is 0 Å². The number of hydrogen-bond donors (Lipinski definition) is 0. The monoisotopic (exact) mass is 764 g/mol. The maximum Gasteiger partial charge on any atom is 0.0541 e. The van der Waals surface area contributed by atoms with Gasteiger partial charge in [-0.1, -0.05) is 176 Å². The first-order valence-corrected chi connectivity index (χ1v) is 20.6. The summed E-state index contributed by atoms with van der Waals surface area (Å²) in [5.74, 6) is 0. The molecule has 0 aliphatic heterocycles. The predicted octanol–water partition coefficient (Wildman–Crippen LogP) is 16.1. The van der Waals surface area contributed by atoms with Gasteiger partial charge in [-0.3, -0.25) is 0 Å². The summed E-state index contributed by atoms with van der Waals surface area (Å²) < 4.78 is 2.37. The van der Waals surface area contributed by atoms with Gasteiger partial charge >= 0.3 is 0 Å². The molecular weight excluding hydrogens is 725 g/mol. The standard InChI is InChI=1S/C58H40N2/c1-3-14-43(15-4-1)52-24-12-16-45-17-13-25-53(58(45)52)44-32-38-50(39-33-44)59(48-20-5-2-6-21-48)49-34-28-41(29-35-49)46-18-11-19-47(40-46)42-30-36-51(37-31-42)60-56-26-9-7-22-54(56)55-23-8-10-27-57(55)60/h1-40H. The molecule has 2 heteroatoms. The molecule has 0 aliphatic carbocycles. The van der Waals surface area contributed by atoms with Gasteiger partial charge in [-0.2, -0.15) is 0 Å².